The molecule has 1 aliphatic heterocycles. The predicted molar refractivity (Wildman–Crippen MR) is 134 cm³/mol. The molecule has 2 aliphatic rings. The van der Waals surface area contributed by atoms with E-state index in [1.54, 1.807) is 6.20 Å². The minimum absolute atomic E-state index is 0.163. The third kappa shape index (κ3) is 5.12. The Morgan fingerprint density at radius 1 is 1.08 bits per heavy atom. The van der Waals surface area contributed by atoms with Crippen LogP contribution in [0.5, 0.6) is 0 Å². The molecule has 5 rings (SSSR count). The molecule has 1 saturated heterocycles. The number of halogens is 3. The molecule has 0 unspecified atom stereocenters. The van der Waals surface area contributed by atoms with Gasteiger partial charge < -0.3 is 20.9 Å². The maximum Gasteiger partial charge on any atom is 0.417 e. The molecule has 2 fully saturated rings. The van der Waals surface area contributed by atoms with E-state index in [4.69, 9.17) is 5.73 Å². The number of rotatable bonds is 5. The van der Waals surface area contributed by atoms with Crippen molar-refractivity contribution in [2.24, 2.45) is 5.92 Å². The van der Waals surface area contributed by atoms with E-state index in [9.17, 15) is 13.2 Å². The van der Waals surface area contributed by atoms with Gasteiger partial charge in [-0.05, 0) is 51.6 Å². The van der Waals surface area contributed by atoms with Crippen LogP contribution in [-0.2, 0) is 6.18 Å². The first kappa shape index (κ1) is 24.8. The standard InChI is InChI=1S/C25H33F3N8/c1-15(16-3-5-18(6-4-16)36-9-7-35(2)8-10-36)33-24-32-14-21(29)22(34-24)20-13-31-23-19(20)11-17(12-30-23)25(26,27)28/h11-16,18H,3-10,29H2,1-2H3,(H,30,31)(H,32,33,34)/t15-,16-,18+/m1/s1. The lowest BCUT2D eigenvalue weighted by atomic mass is 9.81. The number of nitrogens with two attached hydrogens (primary N) is 1. The average molecular weight is 503 g/mol. The first-order valence-electron chi connectivity index (χ1n) is 12.6. The highest BCUT2D eigenvalue weighted by Crippen LogP contribution is 2.36. The Morgan fingerprint density at radius 3 is 2.50 bits per heavy atom. The van der Waals surface area contributed by atoms with Gasteiger partial charge in [0.2, 0.25) is 5.95 Å². The number of hydrogen-bond donors (Lipinski definition) is 3. The summed E-state index contributed by atoms with van der Waals surface area (Å²) in [5.74, 6) is 0.923. The van der Waals surface area contributed by atoms with Gasteiger partial charge in [0, 0.05) is 61.6 Å². The first-order valence-corrected chi connectivity index (χ1v) is 12.6. The van der Waals surface area contributed by atoms with Crippen LogP contribution in [0, 0.1) is 5.92 Å². The molecule has 1 aliphatic carbocycles. The summed E-state index contributed by atoms with van der Waals surface area (Å²) in [4.78, 5) is 20.8. The number of anilines is 2. The van der Waals surface area contributed by atoms with E-state index in [1.807, 2.05) is 0 Å². The summed E-state index contributed by atoms with van der Waals surface area (Å²) in [7, 11) is 2.18. The second kappa shape index (κ2) is 9.85. The van der Waals surface area contributed by atoms with Crippen molar-refractivity contribution in [3.8, 4) is 11.3 Å². The zero-order chi connectivity index (χ0) is 25.4. The molecule has 194 valence electrons. The maximum absolute atomic E-state index is 13.3. The summed E-state index contributed by atoms with van der Waals surface area (Å²) in [6, 6.07) is 1.90. The number of piperazine rings is 1. The van der Waals surface area contributed by atoms with E-state index in [2.05, 4.69) is 49.0 Å². The highest BCUT2D eigenvalue weighted by molar-refractivity contribution is 5.95. The molecule has 8 nitrogen and oxygen atoms in total. The molecule has 36 heavy (non-hydrogen) atoms. The quantitative estimate of drug-likeness (QED) is 0.480. The number of fused-ring (bicyclic) bond motifs is 1. The largest absolute Gasteiger partial charge is 0.417 e. The highest BCUT2D eigenvalue weighted by Gasteiger charge is 2.32. The Balaban J connectivity index is 1.28. The van der Waals surface area contributed by atoms with Crippen LogP contribution in [0.15, 0.2) is 24.7 Å². The lowest BCUT2D eigenvalue weighted by Crippen LogP contribution is -2.50. The molecule has 0 radical (unpaired) electrons. The van der Waals surface area contributed by atoms with Crippen LogP contribution in [-0.4, -0.2) is 75.0 Å². The van der Waals surface area contributed by atoms with E-state index in [0.29, 0.717) is 45.9 Å². The fraction of sp³-hybridized carbons (Fsp3) is 0.560. The maximum atomic E-state index is 13.3. The van der Waals surface area contributed by atoms with Gasteiger partial charge in [-0.3, -0.25) is 4.90 Å². The lowest BCUT2D eigenvalue weighted by Gasteiger charge is -2.42. The van der Waals surface area contributed by atoms with Gasteiger partial charge in [0.25, 0.3) is 0 Å². The molecular weight excluding hydrogens is 469 g/mol. The number of H-pyrrole nitrogens is 1. The minimum Gasteiger partial charge on any atom is -0.396 e. The molecule has 0 aromatic carbocycles. The number of likely N-dealkylation sites (N-methyl/N-ethyl adjacent to an activating group) is 1. The van der Waals surface area contributed by atoms with Crippen molar-refractivity contribution in [2.75, 3.05) is 44.3 Å². The number of hydrogen-bond acceptors (Lipinski definition) is 7. The minimum atomic E-state index is -4.49. The summed E-state index contributed by atoms with van der Waals surface area (Å²) in [5, 5.41) is 3.74. The van der Waals surface area contributed by atoms with Crippen molar-refractivity contribution < 1.29 is 13.2 Å². The van der Waals surface area contributed by atoms with Crippen LogP contribution >= 0.6 is 0 Å². The van der Waals surface area contributed by atoms with E-state index >= 15 is 0 Å². The van der Waals surface area contributed by atoms with Crippen LogP contribution < -0.4 is 11.1 Å². The van der Waals surface area contributed by atoms with Gasteiger partial charge in [-0.15, -0.1) is 0 Å². The molecule has 11 heteroatoms. The SMILES string of the molecule is C[C@@H](Nc1ncc(N)c(-c2c[nH]c3ncc(C(F)(F)F)cc23)n1)[C@H]1CC[C@@H](N2CCN(C)CC2)CC1. The second-order valence-corrected chi connectivity index (χ2v) is 10.2. The van der Waals surface area contributed by atoms with Gasteiger partial charge >= 0.3 is 6.18 Å². The number of aromatic nitrogens is 4. The summed E-state index contributed by atoms with van der Waals surface area (Å²) in [6.07, 6.45) is 4.08. The summed E-state index contributed by atoms with van der Waals surface area (Å²) in [6.45, 7) is 6.72. The summed E-state index contributed by atoms with van der Waals surface area (Å²) in [5.41, 5.74) is 6.81. The first-order chi connectivity index (χ1) is 17.2. The van der Waals surface area contributed by atoms with Crippen LogP contribution in [0.3, 0.4) is 0 Å². The van der Waals surface area contributed by atoms with Crippen LogP contribution in [0.2, 0.25) is 0 Å². The molecule has 0 amide bonds. The second-order valence-electron chi connectivity index (χ2n) is 10.2. The topological polar surface area (TPSA) is 99.0 Å². The van der Waals surface area contributed by atoms with Crippen molar-refractivity contribution in [3.63, 3.8) is 0 Å². The van der Waals surface area contributed by atoms with Gasteiger partial charge in [-0.1, -0.05) is 0 Å². The zero-order valence-electron chi connectivity index (χ0n) is 20.6. The summed E-state index contributed by atoms with van der Waals surface area (Å²) >= 11 is 0. The van der Waals surface area contributed by atoms with Crippen LogP contribution in [0.4, 0.5) is 24.8 Å². The summed E-state index contributed by atoms with van der Waals surface area (Å²) < 4.78 is 39.8. The Labute approximate surface area is 208 Å². The predicted octanol–water partition coefficient (Wildman–Crippen LogP) is 4.23. The fourth-order valence-electron chi connectivity index (χ4n) is 5.51. The molecule has 0 spiro atoms. The van der Waals surface area contributed by atoms with Crippen LogP contribution in [0.25, 0.3) is 22.3 Å². The van der Waals surface area contributed by atoms with Crippen molar-refractivity contribution in [3.05, 3.63) is 30.2 Å². The van der Waals surface area contributed by atoms with Gasteiger partial charge in [0.15, 0.2) is 0 Å². The smallest absolute Gasteiger partial charge is 0.396 e. The number of pyridine rings is 1. The van der Waals surface area contributed by atoms with E-state index in [0.717, 1.165) is 51.3 Å². The van der Waals surface area contributed by atoms with Crippen LogP contribution in [0.1, 0.15) is 38.2 Å². The van der Waals surface area contributed by atoms with Crippen molar-refractivity contribution >= 4 is 22.7 Å². The fourth-order valence-corrected chi connectivity index (χ4v) is 5.51. The number of alkyl halides is 3. The normalized spacial score (nSPS) is 23.1. The van der Waals surface area contributed by atoms with Crippen molar-refractivity contribution in [1.29, 1.82) is 0 Å². The van der Waals surface area contributed by atoms with Gasteiger partial charge in [-0.2, -0.15) is 13.2 Å². The molecule has 4 N–H and O–H groups in total. The lowest BCUT2D eigenvalue weighted by molar-refractivity contribution is -0.137. The number of aromatic amines is 1. The number of nitrogen functional groups attached to an aromatic ring is 1. The van der Waals surface area contributed by atoms with Gasteiger partial charge in [0.05, 0.1) is 17.4 Å². The molecule has 3 aromatic heterocycles. The molecule has 4 heterocycles. The highest BCUT2D eigenvalue weighted by atomic mass is 19.4. The monoisotopic (exact) mass is 502 g/mol. The van der Waals surface area contributed by atoms with Gasteiger partial charge in [-0.25, -0.2) is 15.0 Å². The molecule has 3 aromatic rings. The third-order valence-corrected chi connectivity index (χ3v) is 7.79. The Kier molecular flexibility index (Phi) is 6.78. The Morgan fingerprint density at radius 2 is 1.81 bits per heavy atom. The third-order valence-electron chi connectivity index (χ3n) is 7.79. The average Bonchev–Trinajstić information content (AvgIpc) is 3.28. The Hall–Kier alpha value is -2.92. The van der Waals surface area contributed by atoms with E-state index in [-0.39, 0.29) is 6.04 Å². The molecule has 1 saturated carbocycles. The van der Waals surface area contributed by atoms with E-state index < -0.39 is 11.7 Å². The molecule has 1 atom stereocenters. The molecular formula is C25H33F3N8. The molecule has 0 bridgehead atoms. The number of nitrogens with zero attached hydrogens (tertiary/aromatic N) is 5. The van der Waals surface area contributed by atoms with Crippen molar-refractivity contribution in [2.45, 2.75) is 50.9 Å². The van der Waals surface area contributed by atoms with Crippen molar-refractivity contribution in [1.82, 2.24) is 29.7 Å². The Bertz CT molecular complexity index is 1190. The van der Waals surface area contributed by atoms with E-state index in [1.165, 1.54) is 19.0 Å². The number of nitrogens with one attached hydrogen (secondary N) is 2. The zero-order valence-corrected chi connectivity index (χ0v) is 20.6. The van der Waals surface area contributed by atoms with Gasteiger partial charge in [0.1, 0.15) is 11.3 Å².